The van der Waals surface area contributed by atoms with Crippen molar-refractivity contribution in [2.75, 3.05) is 39.1 Å². The zero-order chi connectivity index (χ0) is 12.8. The second kappa shape index (κ2) is 7.04. The number of halogens is 2. The van der Waals surface area contributed by atoms with Gasteiger partial charge in [-0.05, 0) is 39.2 Å². The van der Waals surface area contributed by atoms with Crippen molar-refractivity contribution in [2.24, 2.45) is 0 Å². The van der Waals surface area contributed by atoms with E-state index in [1.165, 1.54) is 0 Å². The summed E-state index contributed by atoms with van der Waals surface area (Å²) in [4.78, 5) is 8.73. The molecule has 1 aromatic heterocycles. The molecule has 0 unspecified atom stereocenters. The third kappa shape index (κ3) is 4.70. The number of aromatic nitrogens is 1. The SMILES string of the molecule is CN(C)CCCN(C)c1ccc(Cl)c(CCl)n1. The number of rotatable bonds is 6. The molecule has 0 aromatic carbocycles. The third-order valence-corrected chi connectivity index (χ3v) is 3.12. The van der Waals surface area contributed by atoms with Crippen LogP contribution in [0.25, 0.3) is 0 Å². The van der Waals surface area contributed by atoms with E-state index in [2.05, 4.69) is 28.9 Å². The molecular weight excluding hydrogens is 257 g/mol. The molecule has 0 aliphatic rings. The van der Waals surface area contributed by atoms with Crippen molar-refractivity contribution >= 4 is 29.0 Å². The van der Waals surface area contributed by atoms with Crippen LogP contribution in [-0.2, 0) is 5.88 Å². The predicted octanol–water partition coefficient (Wildman–Crippen LogP) is 2.86. The van der Waals surface area contributed by atoms with Crippen molar-refractivity contribution in [3.63, 3.8) is 0 Å². The molecule has 0 saturated carbocycles. The molecule has 0 bridgehead atoms. The van der Waals surface area contributed by atoms with Crippen LogP contribution >= 0.6 is 23.2 Å². The first-order valence-corrected chi connectivity index (χ1v) is 6.53. The van der Waals surface area contributed by atoms with Crippen LogP contribution in [0.1, 0.15) is 12.1 Å². The summed E-state index contributed by atoms with van der Waals surface area (Å²) >= 11 is 11.8. The molecular formula is C12H19Cl2N3. The lowest BCUT2D eigenvalue weighted by atomic mass is 10.3. The lowest BCUT2D eigenvalue weighted by Crippen LogP contribution is -2.24. The number of anilines is 1. The van der Waals surface area contributed by atoms with Gasteiger partial charge < -0.3 is 9.80 Å². The minimum atomic E-state index is 0.345. The lowest BCUT2D eigenvalue weighted by molar-refractivity contribution is 0.401. The average Bonchev–Trinajstić information content (AvgIpc) is 2.29. The molecule has 5 heteroatoms. The van der Waals surface area contributed by atoms with Crippen LogP contribution in [0.5, 0.6) is 0 Å². The Bertz CT molecular complexity index is 356. The van der Waals surface area contributed by atoms with Gasteiger partial charge in [0.05, 0.1) is 16.6 Å². The number of hydrogen-bond acceptors (Lipinski definition) is 3. The van der Waals surface area contributed by atoms with E-state index in [-0.39, 0.29) is 0 Å². The molecule has 3 nitrogen and oxygen atoms in total. The van der Waals surface area contributed by atoms with Gasteiger partial charge >= 0.3 is 0 Å². The van der Waals surface area contributed by atoms with Crippen molar-refractivity contribution in [2.45, 2.75) is 12.3 Å². The van der Waals surface area contributed by atoms with E-state index >= 15 is 0 Å². The summed E-state index contributed by atoms with van der Waals surface area (Å²) in [6.07, 6.45) is 1.10. The molecule has 1 aromatic rings. The Labute approximate surface area is 113 Å². The molecule has 96 valence electrons. The Hall–Kier alpha value is -0.510. The topological polar surface area (TPSA) is 19.4 Å². The quantitative estimate of drug-likeness (QED) is 0.745. The highest BCUT2D eigenvalue weighted by Crippen LogP contribution is 2.20. The number of pyridine rings is 1. The highest BCUT2D eigenvalue weighted by molar-refractivity contribution is 6.32. The lowest BCUT2D eigenvalue weighted by Gasteiger charge is -2.20. The Morgan fingerprint density at radius 1 is 1.18 bits per heavy atom. The van der Waals surface area contributed by atoms with Gasteiger partial charge in [-0.3, -0.25) is 0 Å². The van der Waals surface area contributed by atoms with Gasteiger partial charge in [-0.15, -0.1) is 11.6 Å². The molecule has 0 amide bonds. The Morgan fingerprint density at radius 2 is 1.88 bits per heavy atom. The predicted molar refractivity (Wildman–Crippen MR) is 75.2 cm³/mol. The first kappa shape index (κ1) is 14.6. The van der Waals surface area contributed by atoms with E-state index in [9.17, 15) is 0 Å². The molecule has 0 saturated heterocycles. The molecule has 0 aliphatic heterocycles. The molecule has 1 heterocycles. The second-order valence-corrected chi connectivity index (χ2v) is 4.98. The summed E-state index contributed by atoms with van der Waals surface area (Å²) in [7, 11) is 6.18. The summed E-state index contributed by atoms with van der Waals surface area (Å²) in [6, 6.07) is 3.78. The van der Waals surface area contributed by atoms with Gasteiger partial charge in [0.25, 0.3) is 0 Å². The number of alkyl halides is 1. The van der Waals surface area contributed by atoms with Crippen LogP contribution in [0.2, 0.25) is 5.02 Å². The highest BCUT2D eigenvalue weighted by atomic mass is 35.5. The monoisotopic (exact) mass is 275 g/mol. The van der Waals surface area contributed by atoms with E-state index in [1.54, 1.807) is 0 Å². The third-order valence-electron chi connectivity index (χ3n) is 2.52. The fourth-order valence-corrected chi connectivity index (χ4v) is 1.96. The maximum atomic E-state index is 5.97. The van der Waals surface area contributed by atoms with Gasteiger partial charge in [0.15, 0.2) is 0 Å². The zero-order valence-electron chi connectivity index (χ0n) is 10.6. The standard InChI is InChI=1S/C12H19Cl2N3/c1-16(2)7-4-8-17(3)12-6-5-10(14)11(9-13)15-12/h5-6H,4,7-9H2,1-3H3. The number of nitrogens with zero attached hydrogens (tertiary/aromatic N) is 3. The average molecular weight is 276 g/mol. The van der Waals surface area contributed by atoms with Crippen LogP contribution in [0, 0.1) is 0 Å². The van der Waals surface area contributed by atoms with Gasteiger partial charge in [0, 0.05) is 13.6 Å². The van der Waals surface area contributed by atoms with E-state index in [0.29, 0.717) is 10.9 Å². The molecule has 0 fully saturated rings. The largest absolute Gasteiger partial charge is 0.360 e. The minimum absolute atomic E-state index is 0.345. The van der Waals surface area contributed by atoms with Gasteiger partial charge in [-0.2, -0.15) is 0 Å². The van der Waals surface area contributed by atoms with E-state index in [0.717, 1.165) is 31.0 Å². The normalized spacial score (nSPS) is 10.9. The second-order valence-electron chi connectivity index (χ2n) is 4.31. The Balaban J connectivity index is 2.59. The summed E-state index contributed by atoms with van der Waals surface area (Å²) < 4.78 is 0. The summed E-state index contributed by atoms with van der Waals surface area (Å²) in [5, 5.41) is 0.630. The minimum Gasteiger partial charge on any atom is -0.360 e. The van der Waals surface area contributed by atoms with Crippen molar-refractivity contribution < 1.29 is 0 Å². The molecule has 0 N–H and O–H groups in total. The smallest absolute Gasteiger partial charge is 0.128 e. The molecule has 0 spiro atoms. The summed E-state index contributed by atoms with van der Waals surface area (Å²) in [6.45, 7) is 2.04. The van der Waals surface area contributed by atoms with Crippen LogP contribution in [0.4, 0.5) is 5.82 Å². The Morgan fingerprint density at radius 3 is 2.47 bits per heavy atom. The van der Waals surface area contributed by atoms with Gasteiger partial charge in [-0.1, -0.05) is 11.6 Å². The van der Waals surface area contributed by atoms with Gasteiger partial charge in [0.2, 0.25) is 0 Å². The summed E-state index contributed by atoms with van der Waals surface area (Å²) in [5.74, 6) is 1.27. The Kier molecular flexibility index (Phi) is 6.03. The zero-order valence-corrected chi connectivity index (χ0v) is 12.1. The maximum Gasteiger partial charge on any atom is 0.128 e. The number of hydrogen-bond donors (Lipinski definition) is 0. The highest BCUT2D eigenvalue weighted by Gasteiger charge is 2.06. The van der Waals surface area contributed by atoms with E-state index in [1.807, 2.05) is 19.2 Å². The first-order chi connectivity index (χ1) is 8.04. The molecule has 0 atom stereocenters. The van der Waals surface area contributed by atoms with Gasteiger partial charge in [0.1, 0.15) is 5.82 Å². The van der Waals surface area contributed by atoms with Crippen LogP contribution in [0.15, 0.2) is 12.1 Å². The summed E-state index contributed by atoms with van der Waals surface area (Å²) in [5.41, 5.74) is 0.741. The molecule has 0 aliphatic carbocycles. The van der Waals surface area contributed by atoms with Crippen molar-refractivity contribution in [3.8, 4) is 0 Å². The van der Waals surface area contributed by atoms with Crippen molar-refractivity contribution in [1.82, 2.24) is 9.88 Å². The molecule has 17 heavy (non-hydrogen) atoms. The van der Waals surface area contributed by atoms with Crippen LogP contribution in [0.3, 0.4) is 0 Å². The van der Waals surface area contributed by atoms with Crippen molar-refractivity contribution in [1.29, 1.82) is 0 Å². The van der Waals surface area contributed by atoms with Crippen molar-refractivity contribution in [3.05, 3.63) is 22.8 Å². The maximum absolute atomic E-state index is 5.97. The van der Waals surface area contributed by atoms with E-state index in [4.69, 9.17) is 23.2 Å². The fraction of sp³-hybridized carbons (Fsp3) is 0.583. The first-order valence-electron chi connectivity index (χ1n) is 5.62. The molecule has 0 radical (unpaired) electrons. The van der Waals surface area contributed by atoms with Crippen LogP contribution < -0.4 is 4.90 Å². The van der Waals surface area contributed by atoms with Crippen LogP contribution in [-0.4, -0.2) is 44.1 Å². The van der Waals surface area contributed by atoms with E-state index < -0.39 is 0 Å². The van der Waals surface area contributed by atoms with Gasteiger partial charge in [-0.25, -0.2) is 4.98 Å². The fourth-order valence-electron chi connectivity index (χ4n) is 1.52. The molecule has 1 rings (SSSR count).